The van der Waals surface area contributed by atoms with Crippen LogP contribution >= 0.6 is 0 Å². The Hall–Kier alpha value is -2.48. The van der Waals surface area contributed by atoms with E-state index in [1.165, 1.54) is 19.1 Å². The fourth-order valence-electron chi connectivity index (χ4n) is 1.50. The first kappa shape index (κ1) is 13.9. The van der Waals surface area contributed by atoms with Crippen molar-refractivity contribution in [1.29, 1.82) is 0 Å². The standard InChI is InChI=1S/C12H11N3O4S/c1-8-10(11(16)17)7-13-12(14-8)15-20(18,19)9-5-3-2-4-6-9/h2-7H,1H3,(H,16,17)(H,13,14,15). The number of benzene rings is 1. The third-order valence-electron chi connectivity index (χ3n) is 2.49. The van der Waals surface area contributed by atoms with Crippen molar-refractivity contribution in [2.45, 2.75) is 11.8 Å². The van der Waals surface area contributed by atoms with E-state index in [0.29, 0.717) is 0 Å². The summed E-state index contributed by atoms with van der Waals surface area (Å²) in [6.45, 7) is 1.46. The molecule has 0 aliphatic heterocycles. The summed E-state index contributed by atoms with van der Waals surface area (Å²) < 4.78 is 26.2. The Morgan fingerprint density at radius 1 is 1.25 bits per heavy atom. The van der Waals surface area contributed by atoms with E-state index in [1.807, 2.05) is 0 Å². The van der Waals surface area contributed by atoms with Gasteiger partial charge in [-0.15, -0.1) is 0 Å². The van der Waals surface area contributed by atoms with Crippen LogP contribution in [0.4, 0.5) is 5.95 Å². The van der Waals surface area contributed by atoms with Crippen molar-refractivity contribution in [3.05, 3.63) is 47.8 Å². The number of carboxylic acid groups (broad SMARTS) is 1. The Morgan fingerprint density at radius 2 is 1.90 bits per heavy atom. The van der Waals surface area contributed by atoms with Crippen molar-refractivity contribution in [2.24, 2.45) is 0 Å². The molecule has 0 fully saturated rings. The quantitative estimate of drug-likeness (QED) is 0.879. The van der Waals surface area contributed by atoms with Crippen LogP contribution < -0.4 is 4.72 Å². The highest BCUT2D eigenvalue weighted by molar-refractivity contribution is 7.92. The Kier molecular flexibility index (Phi) is 3.66. The summed E-state index contributed by atoms with van der Waals surface area (Å²) >= 11 is 0. The molecule has 2 N–H and O–H groups in total. The van der Waals surface area contributed by atoms with Crippen LogP contribution in [0.15, 0.2) is 41.4 Å². The van der Waals surface area contributed by atoms with E-state index in [0.717, 1.165) is 6.20 Å². The molecule has 0 spiro atoms. The lowest BCUT2D eigenvalue weighted by molar-refractivity contribution is 0.0695. The molecule has 1 aromatic heterocycles. The van der Waals surface area contributed by atoms with Gasteiger partial charge in [-0.2, -0.15) is 0 Å². The molecule has 1 heterocycles. The van der Waals surface area contributed by atoms with Crippen molar-refractivity contribution in [2.75, 3.05) is 4.72 Å². The van der Waals surface area contributed by atoms with Crippen molar-refractivity contribution in [3.63, 3.8) is 0 Å². The van der Waals surface area contributed by atoms with Gasteiger partial charge in [-0.05, 0) is 19.1 Å². The Labute approximate surface area is 115 Å². The highest BCUT2D eigenvalue weighted by atomic mass is 32.2. The van der Waals surface area contributed by atoms with Crippen LogP contribution in [0.1, 0.15) is 16.1 Å². The monoisotopic (exact) mass is 293 g/mol. The van der Waals surface area contributed by atoms with Crippen LogP contribution in [0, 0.1) is 6.92 Å². The van der Waals surface area contributed by atoms with E-state index in [1.54, 1.807) is 18.2 Å². The highest BCUT2D eigenvalue weighted by Gasteiger charge is 2.16. The minimum Gasteiger partial charge on any atom is -0.478 e. The highest BCUT2D eigenvalue weighted by Crippen LogP contribution is 2.13. The van der Waals surface area contributed by atoms with E-state index in [-0.39, 0.29) is 22.1 Å². The smallest absolute Gasteiger partial charge is 0.339 e. The molecule has 0 saturated carbocycles. The summed E-state index contributed by atoms with van der Waals surface area (Å²) in [5.41, 5.74) is 0.103. The average molecular weight is 293 g/mol. The third-order valence-corrected chi connectivity index (χ3v) is 3.83. The number of aromatic carboxylic acids is 1. The van der Waals surface area contributed by atoms with Gasteiger partial charge in [0.05, 0.1) is 16.2 Å². The van der Waals surface area contributed by atoms with E-state index in [2.05, 4.69) is 14.7 Å². The molecule has 0 saturated heterocycles. The number of aromatic nitrogens is 2. The van der Waals surface area contributed by atoms with Crippen molar-refractivity contribution in [3.8, 4) is 0 Å². The molecule has 1 aromatic carbocycles. The molecule has 0 radical (unpaired) electrons. The van der Waals surface area contributed by atoms with Gasteiger partial charge in [0.1, 0.15) is 0 Å². The maximum Gasteiger partial charge on any atom is 0.339 e. The zero-order valence-electron chi connectivity index (χ0n) is 10.4. The summed E-state index contributed by atoms with van der Waals surface area (Å²) in [7, 11) is -3.79. The molecule has 2 rings (SSSR count). The summed E-state index contributed by atoms with van der Waals surface area (Å²) in [6, 6.07) is 7.74. The first-order valence-corrected chi connectivity index (χ1v) is 7.03. The molecular formula is C12H11N3O4S. The molecule has 0 atom stereocenters. The van der Waals surface area contributed by atoms with Crippen LogP contribution in [0.2, 0.25) is 0 Å². The van der Waals surface area contributed by atoms with Crippen molar-refractivity contribution < 1.29 is 18.3 Å². The number of rotatable bonds is 4. The lowest BCUT2D eigenvalue weighted by Crippen LogP contribution is -2.16. The zero-order chi connectivity index (χ0) is 14.8. The molecule has 2 aromatic rings. The van der Waals surface area contributed by atoms with Gasteiger partial charge in [0.15, 0.2) is 0 Å². The normalized spacial score (nSPS) is 11.1. The number of hydrogen-bond donors (Lipinski definition) is 2. The maximum absolute atomic E-state index is 12.0. The topological polar surface area (TPSA) is 109 Å². The largest absolute Gasteiger partial charge is 0.478 e. The zero-order valence-corrected chi connectivity index (χ0v) is 11.3. The SMILES string of the molecule is Cc1nc(NS(=O)(=O)c2ccccc2)ncc1C(=O)O. The molecule has 7 nitrogen and oxygen atoms in total. The van der Waals surface area contributed by atoms with Gasteiger partial charge in [-0.1, -0.05) is 18.2 Å². The minimum atomic E-state index is -3.79. The van der Waals surface area contributed by atoms with Gasteiger partial charge in [-0.3, -0.25) is 0 Å². The lowest BCUT2D eigenvalue weighted by Gasteiger charge is -2.07. The maximum atomic E-state index is 12.0. The molecule has 20 heavy (non-hydrogen) atoms. The van der Waals surface area contributed by atoms with Crippen LogP contribution in [0.25, 0.3) is 0 Å². The van der Waals surface area contributed by atoms with E-state index in [4.69, 9.17) is 5.11 Å². The number of carbonyl (C=O) groups is 1. The van der Waals surface area contributed by atoms with Crippen molar-refractivity contribution in [1.82, 2.24) is 9.97 Å². The summed E-state index contributed by atoms with van der Waals surface area (Å²) in [4.78, 5) is 18.4. The molecule has 0 aliphatic rings. The van der Waals surface area contributed by atoms with E-state index < -0.39 is 16.0 Å². The lowest BCUT2D eigenvalue weighted by atomic mass is 10.2. The molecule has 0 bridgehead atoms. The predicted molar refractivity (Wildman–Crippen MR) is 71.0 cm³/mol. The molecule has 104 valence electrons. The van der Waals surface area contributed by atoms with Gasteiger partial charge in [0, 0.05) is 6.20 Å². The second-order valence-electron chi connectivity index (χ2n) is 3.92. The Balaban J connectivity index is 2.31. The first-order valence-electron chi connectivity index (χ1n) is 5.55. The van der Waals surface area contributed by atoms with Gasteiger partial charge in [-0.25, -0.2) is 27.9 Å². The average Bonchev–Trinajstić information content (AvgIpc) is 2.39. The van der Waals surface area contributed by atoms with Crippen LogP contribution in [0.3, 0.4) is 0 Å². The van der Waals surface area contributed by atoms with E-state index in [9.17, 15) is 13.2 Å². The second kappa shape index (κ2) is 5.25. The second-order valence-corrected chi connectivity index (χ2v) is 5.60. The minimum absolute atomic E-state index is 0.0727. The Bertz CT molecular complexity index is 745. The number of anilines is 1. The number of sulfonamides is 1. The third kappa shape index (κ3) is 2.91. The molecule has 0 aliphatic carbocycles. The fraction of sp³-hybridized carbons (Fsp3) is 0.0833. The van der Waals surface area contributed by atoms with Gasteiger partial charge in [0.2, 0.25) is 5.95 Å². The van der Waals surface area contributed by atoms with E-state index >= 15 is 0 Å². The van der Waals surface area contributed by atoms with Crippen molar-refractivity contribution >= 4 is 21.9 Å². The summed E-state index contributed by atoms with van der Waals surface area (Å²) in [5.74, 6) is -1.34. The summed E-state index contributed by atoms with van der Waals surface area (Å²) in [5, 5.41) is 8.85. The molecular weight excluding hydrogens is 282 g/mol. The van der Waals surface area contributed by atoms with Crippen LogP contribution in [-0.4, -0.2) is 29.5 Å². The van der Waals surface area contributed by atoms with Crippen LogP contribution in [-0.2, 0) is 10.0 Å². The Morgan fingerprint density at radius 3 is 2.45 bits per heavy atom. The van der Waals surface area contributed by atoms with Gasteiger partial charge in [0.25, 0.3) is 10.0 Å². The molecule has 0 amide bonds. The summed E-state index contributed by atoms with van der Waals surface area (Å²) in [6.07, 6.45) is 1.06. The van der Waals surface area contributed by atoms with Crippen LogP contribution in [0.5, 0.6) is 0 Å². The number of nitrogens with zero attached hydrogens (tertiary/aromatic N) is 2. The molecule has 8 heteroatoms. The molecule has 0 unspecified atom stereocenters. The number of nitrogens with one attached hydrogen (secondary N) is 1. The number of hydrogen-bond acceptors (Lipinski definition) is 5. The van der Waals surface area contributed by atoms with Gasteiger partial charge >= 0.3 is 5.97 Å². The predicted octanol–water partition coefficient (Wildman–Crippen LogP) is 1.28. The van der Waals surface area contributed by atoms with Gasteiger partial charge < -0.3 is 5.11 Å². The fourth-order valence-corrected chi connectivity index (χ4v) is 2.48. The number of carboxylic acids is 1. The first-order chi connectivity index (χ1) is 9.40. The number of aryl methyl sites for hydroxylation is 1.